The van der Waals surface area contributed by atoms with E-state index in [1.54, 1.807) is 0 Å². The van der Waals surface area contributed by atoms with Crippen LogP contribution in [0.3, 0.4) is 0 Å². The van der Waals surface area contributed by atoms with Gasteiger partial charge in [0.25, 0.3) is 0 Å². The lowest BCUT2D eigenvalue weighted by atomic mass is 10.1. The quantitative estimate of drug-likeness (QED) is 0.530. The number of allylic oxidation sites excluding steroid dienone is 1. The van der Waals surface area contributed by atoms with Gasteiger partial charge in [-0.25, -0.2) is 0 Å². The average molecular weight is 262 g/mol. The lowest BCUT2D eigenvalue weighted by molar-refractivity contribution is 0.221. The Morgan fingerprint density at radius 2 is 2.00 bits per heavy atom. The zero-order valence-electron chi connectivity index (χ0n) is 12.7. The Morgan fingerprint density at radius 1 is 1.44 bits per heavy atom. The molecular formula is C16H26OSi. The first-order chi connectivity index (χ1) is 8.10. The molecule has 1 atom stereocenters. The second-order valence-electron chi connectivity index (χ2n) is 6.72. The molecular weight excluding hydrogens is 236 g/mol. The van der Waals surface area contributed by atoms with Crippen LogP contribution in [-0.2, 0) is 4.43 Å². The smallest absolute Gasteiger partial charge is 0.192 e. The van der Waals surface area contributed by atoms with Crippen molar-refractivity contribution in [3.63, 3.8) is 0 Å². The summed E-state index contributed by atoms with van der Waals surface area (Å²) >= 11 is 0. The van der Waals surface area contributed by atoms with Crippen LogP contribution in [-0.4, -0.2) is 14.4 Å². The van der Waals surface area contributed by atoms with Crippen molar-refractivity contribution in [2.24, 2.45) is 0 Å². The zero-order valence-corrected chi connectivity index (χ0v) is 13.7. The zero-order chi connectivity index (χ0) is 14.1. The normalized spacial score (nSPS) is 21.4. The average Bonchev–Trinajstić information content (AvgIpc) is 2.44. The lowest BCUT2D eigenvalue weighted by Crippen LogP contribution is -2.43. The van der Waals surface area contributed by atoms with E-state index in [9.17, 15) is 0 Å². The molecule has 0 spiro atoms. The Morgan fingerprint density at radius 3 is 2.44 bits per heavy atom. The monoisotopic (exact) mass is 262 g/mol. The summed E-state index contributed by atoms with van der Waals surface area (Å²) in [4.78, 5) is 0. The van der Waals surface area contributed by atoms with Gasteiger partial charge in [0.05, 0.1) is 6.10 Å². The molecule has 0 saturated heterocycles. The summed E-state index contributed by atoms with van der Waals surface area (Å²) < 4.78 is 6.47. The largest absolute Gasteiger partial charge is 0.410 e. The van der Waals surface area contributed by atoms with Gasteiger partial charge < -0.3 is 4.43 Å². The van der Waals surface area contributed by atoms with Crippen LogP contribution in [0.15, 0.2) is 23.3 Å². The number of hydrogen-bond donors (Lipinski definition) is 0. The Labute approximate surface area is 113 Å². The van der Waals surface area contributed by atoms with E-state index >= 15 is 0 Å². The molecule has 0 radical (unpaired) electrons. The van der Waals surface area contributed by atoms with Crippen LogP contribution in [0.25, 0.3) is 0 Å². The van der Waals surface area contributed by atoms with E-state index < -0.39 is 8.32 Å². The number of terminal acetylenes is 1. The molecule has 18 heavy (non-hydrogen) atoms. The Hall–Kier alpha value is -0.783. The molecule has 1 aliphatic rings. The maximum Gasteiger partial charge on any atom is 0.192 e. The highest BCUT2D eigenvalue weighted by Crippen LogP contribution is 2.42. The van der Waals surface area contributed by atoms with Crippen LogP contribution in [0.5, 0.6) is 0 Å². The molecule has 1 aliphatic carbocycles. The van der Waals surface area contributed by atoms with E-state index in [-0.39, 0.29) is 11.1 Å². The third-order valence-corrected chi connectivity index (χ3v) is 8.83. The van der Waals surface area contributed by atoms with Crippen LogP contribution in [0.4, 0.5) is 0 Å². The molecule has 0 heterocycles. The third-order valence-electron chi connectivity index (χ3n) is 4.34. The minimum absolute atomic E-state index is 0.196. The first-order valence-corrected chi connectivity index (χ1v) is 9.50. The highest BCUT2D eigenvalue weighted by molar-refractivity contribution is 6.74. The molecule has 0 bridgehead atoms. The first kappa shape index (κ1) is 15.3. The van der Waals surface area contributed by atoms with Gasteiger partial charge in [0.15, 0.2) is 8.32 Å². The maximum atomic E-state index is 6.47. The molecule has 0 aromatic rings. The van der Waals surface area contributed by atoms with Crippen molar-refractivity contribution in [2.75, 3.05) is 0 Å². The van der Waals surface area contributed by atoms with Crippen molar-refractivity contribution < 1.29 is 4.43 Å². The van der Waals surface area contributed by atoms with Crippen LogP contribution in [0.2, 0.25) is 18.1 Å². The summed E-state index contributed by atoms with van der Waals surface area (Å²) in [6.45, 7) is 17.7. The number of hydrogen-bond acceptors (Lipinski definition) is 1. The van der Waals surface area contributed by atoms with Gasteiger partial charge in [-0.15, -0.1) is 12.3 Å². The molecule has 0 saturated carbocycles. The Bertz CT molecular complexity index is 415. The fourth-order valence-corrected chi connectivity index (χ4v) is 3.33. The topological polar surface area (TPSA) is 9.23 Å². The van der Waals surface area contributed by atoms with E-state index in [0.29, 0.717) is 6.42 Å². The molecule has 1 nitrogen and oxygen atoms in total. The highest BCUT2D eigenvalue weighted by atomic mass is 28.4. The Kier molecular flexibility index (Phi) is 4.30. The van der Waals surface area contributed by atoms with Crippen LogP contribution in [0, 0.1) is 12.3 Å². The van der Waals surface area contributed by atoms with E-state index in [1.807, 2.05) is 0 Å². The van der Waals surface area contributed by atoms with Crippen molar-refractivity contribution in [3.8, 4) is 12.3 Å². The Balaban J connectivity index is 2.90. The second-order valence-corrected chi connectivity index (χ2v) is 11.5. The first-order valence-electron chi connectivity index (χ1n) is 6.59. The van der Waals surface area contributed by atoms with Gasteiger partial charge in [-0.05, 0) is 41.8 Å². The minimum atomic E-state index is -1.72. The van der Waals surface area contributed by atoms with Gasteiger partial charge in [-0.3, -0.25) is 0 Å². The fourth-order valence-electron chi connectivity index (χ4n) is 2.00. The van der Waals surface area contributed by atoms with E-state index in [0.717, 1.165) is 12.0 Å². The van der Waals surface area contributed by atoms with Crippen LogP contribution in [0.1, 0.15) is 40.5 Å². The van der Waals surface area contributed by atoms with E-state index in [1.165, 1.54) is 11.1 Å². The molecule has 0 amide bonds. The minimum Gasteiger partial charge on any atom is -0.410 e. The fraction of sp³-hybridized carbons (Fsp3) is 0.625. The van der Waals surface area contributed by atoms with Gasteiger partial charge >= 0.3 is 0 Å². The van der Waals surface area contributed by atoms with Crippen LogP contribution < -0.4 is 0 Å². The van der Waals surface area contributed by atoms with E-state index in [4.69, 9.17) is 10.8 Å². The van der Waals surface area contributed by atoms with Gasteiger partial charge in [0.1, 0.15) is 0 Å². The second kappa shape index (κ2) is 5.07. The summed E-state index contributed by atoms with van der Waals surface area (Å²) in [6.07, 6.45) is 7.21. The van der Waals surface area contributed by atoms with Crippen molar-refractivity contribution in [1.82, 2.24) is 0 Å². The predicted molar refractivity (Wildman–Crippen MR) is 82.0 cm³/mol. The molecule has 0 N–H and O–H groups in total. The molecule has 1 rings (SSSR count). The molecule has 0 unspecified atom stereocenters. The van der Waals surface area contributed by atoms with Gasteiger partial charge in [0.2, 0.25) is 0 Å². The van der Waals surface area contributed by atoms with Crippen molar-refractivity contribution in [3.05, 3.63) is 23.3 Å². The third kappa shape index (κ3) is 2.96. The van der Waals surface area contributed by atoms with Crippen molar-refractivity contribution in [1.29, 1.82) is 0 Å². The molecule has 0 aromatic heterocycles. The summed E-state index contributed by atoms with van der Waals surface area (Å²) in [5, 5.41) is 0.240. The lowest BCUT2D eigenvalue weighted by Gasteiger charge is -2.38. The molecule has 0 aromatic carbocycles. The predicted octanol–water partition coefficient (Wildman–Crippen LogP) is 4.68. The van der Waals surface area contributed by atoms with Crippen LogP contribution >= 0.6 is 0 Å². The summed E-state index contributed by atoms with van der Waals surface area (Å²) in [7, 11) is -1.72. The summed E-state index contributed by atoms with van der Waals surface area (Å²) in [5.74, 6) is 2.72. The summed E-state index contributed by atoms with van der Waals surface area (Å²) in [5.41, 5.74) is 3.69. The van der Waals surface area contributed by atoms with Gasteiger partial charge in [0, 0.05) is 12.8 Å². The van der Waals surface area contributed by atoms with Crippen molar-refractivity contribution in [2.45, 2.75) is 64.8 Å². The molecule has 2 heteroatoms. The maximum absolute atomic E-state index is 6.47. The molecule has 100 valence electrons. The van der Waals surface area contributed by atoms with Gasteiger partial charge in [-0.2, -0.15) is 0 Å². The molecule has 0 fully saturated rings. The SMILES string of the molecule is C#CCC1=C(C)[C@@H](O[Si](C)(C)C(C)(C)C)CC1=C. The molecule has 0 aliphatic heterocycles. The van der Waals surface area contributed by atoms with E-state index in [2.05, 4.69) is 53.3 Å². The van der Waals surface area contributed by atoms with Gasteiger partial charge in [-0.1, -0.05) is 27.4 Å². The number of rotatable bonds is 3. The summed E-state index contributed by atoms with van der Waals surface area (Å²) in [6, 6.07) is 0. The standard InChI is InChI=1S/C16H26OSi/c1-9-10-14-12(2)11-15(13(14)3)17-18(7,8)16(4,5)6/h1,15H,2,10-11H2,3-8H3/t15-/m0/s1. The highest BCUT2D eigenvalue weighted by Gasteiger charge is 2.41. The van der Waals surface area contributed by atoms with Crippen molar-refractivity contribution >= 4 is 8.32 Å².